The molecule has 0 saturated carbocycles. The molecule has 1 unspecified atom stereocenters. The summed E-state index contributed by atoms with van der Waals surface area (Å²) in [6.07, 6.45) is -0.508. The van der Waals surface area contributed by atoms with Crippen molar-refractivity contribution in [2.45, 2.75) is 39.0 Å². The first-order chi connectivity index (χ1) is 15.2. The summed E-state index contributed by atoms with van der Waals surface area (Å²) in [5.74, 6) is -2.40. The van der Waals surface area contributed by atoms with Crippen LogP contribution < -0.4 is 10.6 Å². The van der Waals surface area contributed by atoms with Gasteiger partial charge in [0.2, 0.25) is 11.8 Å². The highest BCUT2D eigenvalue weighted by molar-refractivity contribution is 6.31. The third kappa shape index (κ3) is 4.16. The lowest BCUT2D eigenvalue weighted by Gasteiger charge is -2.29. The molecule has 2 N–H and O–H groups in total. The van der Waals surface area contributed by atoms with Crippen LogP contribution in [0.1, 0.15) is 39.9 Å². The molecule has 0 radical (unpaired) electrons. The second kappa shape index (κ2) is 8.58. The van der Waals surface area contributed by atoms with Crippen LogP contribution in [0.4, 0.5) is 14.9 Å². The van der Waals surface area contributed by atoms with Gasteiger partial charge in [0.1, 0.15) is 18.5 Å². The molecule has 1 saturated heterocycles. The number of nitrogens with one attached hydrogen (secondary N) is 2. The lowest BCUT2D eigenvalue weighted by Crippen LogP contribution is -2.52. The maximum Gasteiger partial charge on any atom is 0.411 e. The van der Waals surface area contributed by atoms with Crippen LogP contribution in [0.15, 0.2) is 30.3 Å². The molecule has 166 valence electrons. The predicted molar refractivity (Wildman–Crippen MR) is 112 cm³/mol. The minimum absolute atomic E-state index is 0.0271. The van der Waals surface area contributed by atoms with E-state index >= 15 is 4.39 Å². The van der Waals surface area contributed by atoms with E-state index in [0.717, 1.165) is 5.56 Å². The molecule has 2 aliphatic heterocycles. The summed E-state index contributed by atoms with van der Waals surface area (Å²) in [5, 5.41) is 5.18. The lowest BCUT2D eigenvalue weighted by molar-refractivity contribution is -0.136. The highest BCUT2D eigenvalue weighted by Gasteiger charge is 2.40. The van der Waals surface area contributed by atoms with Gasteiger partial charge in [-0.15, -0.1) is 0 Å². The molecule has 2 aliphatic rings. The summed E-state index contributed by atoms with van der Waals surface area (Å²) in [6, 6.07) is 7.12. The van der Waals surface area contributed by atoms with Crippen LogP contribution in [0.25, 0.3) is 0 Å². The van der Waals surface area contributed by atoms with Gasteiger partial charge in [-0.05, 0) is 36.6 Å². The van der Waals surface area contributed by atoms with Crippen molar-refractivity contribution in [3.63, 3.8) is 0 Å². The number of nitrogens with zero attached hydrogens (tertiary/aromatic N) is 1. The van der Waals surface area contributed by atoms with Gasteiger partial charge in [0, 0.05) is 29.2 Å². The number of benzene rings is 2. The van der Waals surface area contributed by atoms with Crippen molar-refractivity contribution in [3.05, 3.63) is 63.4 Å². The number of aryl methyl sites for hydroxylation is 1. The number of rotatable bonds is 4. The fourth-order valence-electron chi connectivity index (χ4n) is 3.73. The monoisotopic (exact) mass is 459 g/mol. The number of amides is 4. The Hall–Kier alpha value is -3.46. The van der Waals surface area contributed by atoms with Crippen LogP contribution in [-0.4, -0.2) is 34.8 Å². The largest absolute Gasteiger partial charge is 0.444 e. The number of hydrogen-bond acceptors (Lipinski definition) is 5. The third-order valence-corrected chi connectivity index (χ3v) is 5.89. The Bertz CT molecular complexity index is 1150. The number of carbonyl (C=O) groups excluding carboxylic acids is 4. The van der Waals surface area contributed by atoms with Gasteiger partial charge in [0.25, 0.3) is 5.91 Å². The molecular formula is C22H19ClFN3O5. The number of hydrogen-bond donors (Lipinski definition) is 2. The van der Waals surface area contributed by atoms with Crippen molar-refractivity contribution < 1.29 is 28.3 Å². The van der Waals surface area contributed by atoms with Crippen molar-refractivity contribution in [2.24, 2.45) is 0 Å². The zero-order valence-corrected chi connectivity index (χ0v) is 17.8. The standard InChI is InChI=1S/C22H19ClFN3O5/c1-11-2-5-14(8-15(11)23)25-22(31)32-10-13-4-3-12-9-27(21(30)18(12)19(13)24)16-6-7-17(28)26-20(16)29/h2-5,8,16H,6-7,9-10H2,1H3,(H,25,31)(H,26,28,29). The summed E-state index contributed by atoms with van der Waals surface area (Å²) in [6.45, 7) is 1.49. The van der Waals surface area contributed by atoms with Gasteiger partial charge >= 0.3 is 6.09 Å². The SMILES string of the molecule is Cc1ccc(NC(=O)OCc2ccc3c(c2F)C(=O)N(C2CCC(=O)NC2=O)C3)cc1Cl. The zero-order chi connectivity index (χ0) is 23.0. The molecule has 0 spiro atoms. The summed E-state index contributed by atoms with van der Waals surface area (Å²) in [5.41, 5.74) is 1.58. The smallest absolute Gasteiger partial charge is 0.411 e. The second-order valence-corrected chi connectivity index (χ2v) is 8.05. The second-order valence-electron chi connectivity index (χ2n) is 7.64. The maximum atomic E-state index is 15.1. The molecule has 2 heterocycles. The van der Waals surface area contributed by atoms with Gasteiger partial charge in [0.05, 0.1) is 5.56 Å². The molecule has 2 aromatic rings. The topological polar surface area (TPSA) is 105 Å². The highest BCUT2D eigenvalue weighted by atomic mass is 35.5. The van der Waals surface area contributed by atoms with E-state index in [-0.39, 0.29) is 30.5 Å². The lowest BCUT2D eigenvalue weighted by atomic mass is 10.0. The van der Waals surface area contributed by atoms with Gasteiger partial charge in [-0.1, -0.05) is 29.8 Å². The fraction of sp³-hybridized carbons (Fsp3) is 0.273. The van der Waals surface area contributed by atoms with Gasteiger partial charge in [-0.25, -0.2) is 9.18 Å². The van der Waals surface area contributed by atoms with E-state index in [2.05, 4.69) is 10.6 Å². The molecule has 0 aromatic heterocycles. The summed E-state index contributed by atoms with van der Waals surface area (Å²) >= 11 is 6.02. The number of halogens is 2. The van der Waals surface area contributed by atoms with E-state index < -0.39 is 42.3 Å². The highest BCUT2D eigenvalue weighted by Crippen LogP contribution is 2.31. The molecule has 0 aliphatic carbocycles. The normalized spacial score (nSPS) is 17.8. The van der Waals surface area contributed by atoms with E-state index in [0.29, 0.717) is 16.3 Å². The molecule has 32 heavy (non-hydrogen) atoms. The number of ether oxygens (including phenoxy) is 1. The molecule has 1 fully saturated rings. The Kier molecular flexibility index (Phi) is 5.84. The van der Waals surface area contributed by atoms with Gasteiger partial charge in [-0.3, -0.25) is 25.0 Å². The van der Waals surface area contributed by atoms with Gasteiger partial charge in [0.15, 0.2) is 0 Å². The Morgan fingerprint density at radius 2 is 2.06 bits per heavy atom. The quantitative estimate of drug-likeness (QED) is 0.682. The summed E-state index contributed by atoms with van der Waals surface area (Å²) in [4.78, 5) is 49.6. The number of anilines is 1. The minimum Gasteiger partial charge on any atom is -0.444 e. The average Bonchev–Trinajstić information content (AvgIpc) is 3.07. The molecule has 4 rings (SSSR count). The Labute approximate surface area is 187 Å². The maximum absolute atomic E-state index is 15.1. The Morgan fingerprint density at radius 3 is 2.78 bits per heavy atom. The van der Waals surface area contributed by atoms with E-state index in [1.54, 1.807) is 24.3 Å². The Balaban J connectivity index is 1.43. The van der Waals surface area contributed by atoms with Gasteiger partial charge < -0.3 is 9.64 Å². The number of carbonyl (C=O) groups is 4. The fourth-order valence-corrected chi connectivity index (χ4v) is 3.91. The van der Waals surface area contributed by atoms with Crippen LogP contribution in [0.3, 0.4) is 0 Å². The first kappa shape index (κ1) is 21.8. The van der Waals surface area contributed by atoms with Crippen LogP contribution in [0.2, 0.25) is 5.02 Å². The number of piperidine rings is 1. The molecular weight excluding hydrogens is 441 g/mol. The van der Waals surface area contributed by atoms with Crippen LogP contribution in [-0.2, 0) is 27.5 Å². The first-order valence-corrected chi connectivity index (χ1v) is 10.3. The van der Waals surface area contributed by atoms with Crippen LogP contribution >= 0.6 is 11.6 Å². The molecule has 10 heteroatoms. The third-order valence-electron chi connectivity index (χ3n) is 5.49. The zero-order valence-electron chi connectivity index (χ0n) is 17.0. The van der Waals surface area contributed by atoms with E-state index in [1.165, 1.54) is 11.0 Å². The van der Waals surface area contributed by atoms with Crippen molar-refractivity contribution in [1.29, 1.82) is 0 Å². The first-order valence-electron chi connectivity index (χ1n) is 9.89. The van der Waals surface area contributed by atoms with Crippen LogP contribution in [0.5, 0.6) is 0 Å². The molecule has 2 aromatic carbocycles. The van der Waals surface area contributed by atoms with Crippen LogP contribution in [0, 0.1) is 12.7 Å². The molecule has 8 nitrogen and oxygen atoms in total. The van der Waals surface area contributed by atoms with Crippen molar-refractivity contribution >= 4 is 41.1 Å². The summed E-state index contributed by atoms with van der Waals surface area (Å²) < 4.78 is 20.2. The minimum atomic E-state index is -0.834. The summed E-state index contributed by atoms with van der Waals surface area (Å²) in [7, 11) is 0. The molecule has 0 bridgehead atoms. The average molecular weight is 460 g/mol. The van der Waals surface area contributed by atoms with Gasteiger partial charge in [-0.2, -0.15) is 0 Å². The number of imide groups is 1. The number of fused-ring (bicyclic) bond motifs is 1. The Morgan fingerprint density at radius 1 is 1.28 bits per heavy atom. The molecule has 1 atom stereocenters. The van der Waals surface area contributed by atoms with Crippen molar-refractivity contribution in [1.82, 2.24) is 10.2 Å². The van der Waals surface area contributed by atoms with E-state index in [4.69, 9.17) is 16.3 Å². The van der Waals surface area contributed by atoms with E-state index in [9.17, 15) is 19.2 Å². The molecule has 4 amide bonds. The predicted octanol–water partition coefficient (Wildman–Crippen LogP) is 3.30. The van der Waals surface area contributed by atoms with Crippen molar-refractivity contribution in [3.8, 4) is 0 Å². The van der Waals surface area contributed by atoms with E-state index in [1.807, 2.05) is 6.92 Å². The van der Waals surface area contributed by atoms with Crippen molar-refractivity contribution in [2.75, 3.05) is 5.32 Å².